The van der Waals surface area contributed by atoms with Gasteiger partial charge in [-0.3, -0.25) is 0 Å². The summed E-state index contributed by atoms with van der Waals surface area (Å²) in [7, 11) is 0. The molecule has 0 radical (unpaired) electrons. The second-order valence-corrected chi connectivity index (χ2v) is 4.40. The van der Waals surface area contributed by atoms with E-state index >= 15 is 0 Å². The van der Waals surface area contributed by atoms with E-state index in [0.29, 0.717) is 11.7 Å². The van der Waals surface area contributed by atoms with E-state index < -0.39 is 0 Å². The Morgan fingerprint density at radius 2 is 2.29 bits per heavy atom. The maximum atomic E-state index is 8.94. The zero-order chi connectivity index (χ0) is 12.3. The normalized spacial score (nSPS) is 25.0. The molecule has 1 aliphatic heterocycles. The van der Waals surface area contributed by atoms with E-state index in [1.807, 2.05) is 12.1 Å². The van der Waals surface area contributed by atoms with Gasteiger partial charge in [-0.15, -0.1) is 5.10 Å². The van der Waals surface area contributed by atoms with Gasteiger partial charge in [0.15, 0.2) is 5.82 Å². The molecule has 5 nitrogen and oxygen atoms in total. The van der Waals surface area contributed by atoms with Crippen molar-refractivity contribution in [3.63, 3.8) is 0 Å². The van der Waals surface area contributed by atoms with Gasteiger partial charge in [0.05, 0.1) is 31.1 Å². The van der Waals surface area contributed by atoms with Crippen LogP contribution < -0.4 is 4.90 Å². The first-order chi connectivity index (χ1) is 8.24. The van der Waals surface area contributed by atoms with Gasteiger partial charge < -0.3 is 14.7 Å². The molecule has 0 spiro atoms. The summed E-state index contributed by atoms with van der Waals surface area (Å²) in [6, 6.07) is 4.09. The van der Waals surface area contributed by atoms with Crippen LogP contribution >= 0.6 is 0 Å². The third-order valence-electron chi connectivity index (χ3n) is 3.10. The molecule has 2 unspecified atom stereocenters. The molecule has 1 fully saturated rings. The number of nitrogens with zero attached hydrogens (tertiary/aromatic N) is 3. The van der Waals surface area contributed by atoms with Crippen LogP contribution in [-0.4, -0.2) is 40.6 Å². The number of morpholine rings is 1. The summed E-state index contributed by atoms with van der Waals surface area (Å²) >= 11 is 0. The first kappa shape index (κ1) is 12.3. The van der Waals surface area contributed by atoms with E-state index in [1.165, 1.54) is 0 Å². The van der Waals surface area contributed by atoms with Crippen molar-refractivity contribution in [3.8, 4) is 0 Å². The summed E-state index contributed by atoms with van der Waals surface area (Å²) in [6.45, 7) is 5.72. The summed E-state index contributed by atoms with van der Waals surface area (Å²) < 4.78 is 5.65. The summed E-state index contributed by atoms with van der Waals surface area (Å²) in [5, 5.41) is 17.1. The maximum absolute atomic E-state index is 8.94. The van der Waals surface area contributed by atoms with Crippen molar-refractivity contribution in [3.05, 3.63) is 17.8 Å². The number of aliphatic hydroxyl groups excluding tert-OH is 1. The average Bonchev–Trinajstić information content (AvgIpc) is 2.39. The van der Waals surface area contributed by atoms with Crippen molar-refractivity contribution >= 4 is 5.82 Å². The van der Waals surface area contributed by atoms with E-state index in [2.05, 4.69) is 28.9 Å². The van der Waals surface area contributed by atoms with Crippen molar-refractivity contribution in [1.29, 1.82) is 0 Å². The molecule has 2 atom stereocenters. The maximum Gasteiger partial charge on any atom is 0.151 e. The van der Waals surface area contributed by atoms with Gasteiger partial charge in [-0.2, -0.15) is 5.10 Å². The Morgan fingerprint density at radius 3 is 2.88 bits per heavy atom. The minimum absolute atomic E-state index is 0.0655. The standard InChI is InChI=1S/C12H19N3O2/c1-3-11-8-17-9(2)6-15(11)12-5-4-10(7-16)13-14-12/h4-5,9,11,16H,3,6-8H2,1-2H3. The number of anilines is 1. The molecule has 0 aliphatic carbocycles. The first-order valence-corrected chi connectivity index (χ1v) is 6.06. The lowest BCUT2D eigenvalue weighted by molar-refractivity contribution is 0.0295. The molecule has 1 aliphatic rings. The predicted octanol–water partition coefficient (Wildman–Crippen LogP) is 0.973. The molecule has 0 saturated carbocycles. The molecule has 0 aromatic carbocycles. The van der Waals surface area contributed by atoms with Gasteiger partial charge in [0.1, 0.15) is 0 Å². The van der Waals surface area contributed by atoms with Crippen LogP contribution in [0.4, 0.5) is 5.82 Å². The average molecular weight is 237 g/mol. The zero-order valence-electron chi connectivity index (χ0n) is 10.3. The summed E-state index contributed by atoms with van der Waals surface area (Å²) in [4.78, 5) is 2.24. The molecule has 0 amide bonds. The Hall–Kier alpha value is -1.20. The quantitative estimate of drug-likeness (QED) is 0.849. The zero-order valence-corrected chi connectivity index (χ0v) is 10.3. The highest BCUT2D eigenvalue weighted by atomic mass is 16.5. The number of hydrogen-bond donors (Lipinski definition) is 1. The second kappa shape index (κ2) is 5.42. The van der Waals surface area contributed by atoms with Crippen LogP contribution in [0, 0.1) is 0 Å². The molecule has 1 saturated heterocycles. The Kier molecular flexibility index (Phi) is 3.91. The second-order valence-electron chi connectivity index (χ2n) is 4.40. The van der Waals surface area contributed by atoms with Gasteiger partial charge in [-0.25, -0.2) is 0 Å². The Labute approximate surface area is 101 Å². The van der Waals surface area contributed by atoms with Crippen LogP contribution in [-0.2, 0) is 11.3 Å². The highest BCUT2D eigenvalue weighted by molar-refractivity contribution is 5.39. The molecular weight excluding hydrogens is 218 g/mol. The predicted molar refractivity (Wildman–Crippen MR) is 64.8 cm³/mol. The number of aliphatic hydroxyl groups is 1. The van der Waals surface area contributed by atoms with Crippen molar-refractivity contribution in [2.75, 3.05) is 18.1 Å². The van der Waals surface area contributed by atoms with Crippen molar-refractivity contribution in [2.24, 2.45) is 0 Å². The van der Waals surface area contributed by atoms with E-state index in [4.69, 9.17) is 9.84 Å². The van der Waals surface area contributed by atoms with E-state index in [9.17, 15) is 0 Å². The van der Waals surface area contributed by atoms with Crippen LogP contribution in [0.5, 0.6) is 0 Å². The molecule has 5 heteroatoms. The fourth-order valence-corrected chi connectivity index (χ4v) is 2.05. The highest BCUT2D eigenvalue weighted by Crippen LogP contribution is 2.20. The largest absolute Gasteiger partial charge is 0.390 e. The van der Waals surface area contributed by atoms with Gasteiger partial charge in [0.25, 0.3) is 0 Å². The van der Waals surface area contributed by atoms with E-state index in [-0.39, 0.29) is 12.7 Å². The first-order valence-electron chi connectivity index (χ1n) is 6.06. The van der Waals surface area contributed by atoms with Crippen LogP contribution in [0.2, 0.25) is 0 Å². The lowest BCUT2D eigenvalue weighted by Gasteiger charge is -2.38. The monoisotopic (exact) mass is 237 g/mol. The van der Waals surface area contributed by atoms with Gasteiger partial charge in [0, 0.05) is 6.54 Å². The highest BCUT2D eigenvalue weighted by Gasteiger charge is 2.26. The third-order valence-corrected chi connectivity index (χ3v) is 3.10. The summed E-state index contributed by atoms with van der Waals surface area (Å²) in [5.74, 6) is 0.865. The van der Waals surface area contributed by atoms with E-state index in [0.717, 1.165) is 25.4 Å². The molecule has 17 heavy (non-hydrogen) atoms. The number of aromatic nitrogens is 2. The van der Waals surface area contributed by atoms with Gasteiger partial charge in [-0.05, 0) is 25.5 Å². The lowest BCUT2D eigenvalue weighted by Crippen LogP contribution is -2.49. The summed E-state index contributed by atoms with van der Waals surface area (Å²) in [6.07, 6.45) is 1.24. The number of rotatable bonds is 3. The molecule has 2 heterocycles. The number of ether oxygens (including phenoxy) is 1. The molecule has 94 valence electrons. The van der Waals surface area contributed by atoms with Crippen LogP contribution in [0.3, 0.4) is 0 Å². The van der Waals surface area contributed by atoms with Gasteiger partial charge in [0.2, 0.25) is 0 Å². The molecule has 2 rings (SSSR count). The molecule has 1 aromatic heterocycles. The molecular formula is C12H19N3O2. The van der Waals surface area contributed by atoms with Gasteiger partial charge in [-0.1, -0.05) is 6.92 Å². The molecule has 1 N–H and O–H groups in total. The topological polar surface area (TPSA) is 58.5 Å². The van der Waals surface area contributed by atoms with Crippen LogP contribution in [0.25, 0.3) is 0 Å². The number of hydrogen-bond acceptors (Lipinski definition) is 5. The van der Waals surface area contributed by atoms with Crippen molar-refractivity contribution in [1.82, 2.24) is 10.2 Å². The molecule has 0 bridgehead atoms. The van der Waals surface area contributed by atoms with Gasteiger partial charge >= 0.3 is 0 Å². The fraction of sp³-hybridized carbons (Fsp3) is 0.667. The Balaban J connectivity index is 2.16. The van der Waals surface area contributed by atoms with Crippen molar-refractivity contribution < 1.29 is 9.84 Å². The Bertz CT molecular complexity index is 355. The summed E-state index contributed by atoms with van der Waals surface area (Å²) in [5.41, 5.74) is 0.600. The Morgan fingerprint density at radius 1 is 1.47 bits per heavy atom. The lowest BCUT2D eigenvalue weighted by atomic mass is 10.1. The van der Waals surface area contributed by atoms with Crippen LogP contribution in [0.1, 0.15) is 26.0 Å². The smallest absolute Gasteiger partial charge is 0.151 e. The minimum atomic E-state index is -0.0655. The van der Waals surface area contributed by atoms with Crippen molar-refractivity contribution in [2.45, 2.75) is 39.0 Å². The SMILES string of the molecule is CCC1COC(C)CN1c1ccc(CO)nn1. The van der Waals surface area contributed by atoms with E-state index in [1.54, 1.807) is 0 Å². The fourth-order valence-electron chi connectivity index (χ4n) is 2.05. The van der Waals surface area contributed by atoms with Crippen LogP contribution in [0.15, 0.2) is 12.1 Å². The minimum Gasteiger partial charge on any atom is -0.390 e. The third kappa shape index (κ3) is 2.73. The molecule has 1 aromatic rings.